The summed E-state index contributed by atoms with van der Waals surface area (Å²) in [5.74, 6) is -3.64. The summed E-state index contributed by atoms with van der Waals surface area (Å²) in [4.78, 5) is 21.7. The van der Waals surface area contributed by atoms with E-state index in [0.29, 0.717) is 19.6 Å². The molecule has 0 aliphatic carbocycles. The number of carbonyl (C=O) groups is 2. The van der Waals surface area contributed by atoms with Gasteiger partial charge in [-0.05, 0) is 12.1 Å². The van der Waals surface area contributed by atoms with Crippen LogP contribution in [0.15, 0.2) is 12.1 Å². The van der Waals surface area contributed by atoms with E-state index >= 15 is 0 Å². The number of halogens is 1. The summed E-state index contributed by atoms with van der Waals surface area (Å²) < 4.78 is 23.9. The molecule has 1 aromatic carbocycles. The number of benzene rings is 1. The molecule has 1 aromatic rings. The molecule has 90 valence electrons. The van der Waals surface area contributed by atoms with Crippen LogP contribution in [0.1, 0.15) is 16.8 Å². The molecule has 0 fully saturated rings. The number of rotatable bonds is 2. The van der Waals surface area contributed by atoms with Crippen molar-refractivity contribution in [2.24, 2.45) is 0 Å². The molecule has 0 radical (unpaired) electrons. The predicted molar refractivity (Wildman–Crippen MR) is 54.0 cm³/mol. The maximum absolute atomic E-state index is 13.6. The van der Waals surface area contributed by atoms with Gasteiger partial charge in [-0.3, -0.25) is 4.79 Å². The van der Waals surface area contributed by atoms with Crippen LogP contribution < -0.4 is 9.47 Å². The molecule has 0 saturated carbocycles. The van der Waals surface area contributed by atoms with Gasteiger partial charge in [0.25, 0.3) is 5.78 Å². The van der Waals surface area contributed by atoms with E-state index in [1.165, 1.54) is 6.07 Å². The molecular weight excluding hydrogens is 231 g/mol. The molecule has 0 aromatic heterocycles. The Hall–Kier alpha value is -2.11. The van der Waals surface area contributed by atoms with Crippen LogP contribution in [0.25, 0.3) is 0 Å². The van der Waals surface area contributed by atoms with E-state index in [9.17, 15) is 14.0 Å². The van der Waals surface area contributed by atoms with E-state index in [0.717, 1.165) is 6.07 Å². The lowest BCUT2D eigenvalue weighted by Crippen LogP contribution is -2.13. The minimum absolute atomic E-state index is 0.0621. The molecule has 0 atom stereocenters. The molecule has 0 amide bonds. The van der Waals surface area contributed by atoms with Gasteiger partial charge >= 0.3 is 5.97 Å². The number of aliphatic carboxylic acids is 1. The van der Waals surface area contributed by atoms with Gasteiger partial charge in [0.1, 0.15) is 0 Å². The highest BCUT2D eigenvalue weighted by Crippen LogP contribution is 2.33. The zero-order chi connectivity index (χ0) is 12.4. The van der Waals surface area contributed by atoms with Crippen molar-refractivity contribution < 1.29 is 28.6 Å². The van der Waals surface area contributed by atoms with Crippen LogP contribution in [0.3, 0.4) is 0 Å². The van der Waals surface area contributed by atoms with Gasteiger partial charge in [-0.1, -0.05) is 0 Å². The molecule has 1 aliphatic rings. The van der Waals surface area contributed by atoms with Crippen molar-refractivity contribution >= 4 is 11.8 Å². The zero-order valence-electron chi connectivity index (χ0n) is 8.73. The largest absolute Gasteiger partial charge is 0.489 e. The maximum Gasteiger partial charge on any atom is 0.377 e. The first-order valence-corrected chi connectivity index (χ1v) is 4.96. The standard InChI is InChI=1S/C11H9FO5/c12-7-4-6(9(13)11(14)15)5-8-10(7)17-3-1-2-16-8/h4-5H,1-3H2,(H,14,15). The van der Waals surface area contributed by atoms with Crippen molar-refractivity contribution in [1.82, 2.24) is 0 Å². The molecule has 17 heavy (non-hydrogen) atoms. The molecule has 0 bridgehead atoms. The van der Waals surface area contributed by atoms with Gasteiger partial charge in [-0.2, -0.15) is 0 Å². The van der Waals surface area contributed by atoms with Crippen molar-refractivity contribution in [2.75, 3.05) is 13.2 Å². The number of carbonyl (C=O) groups excluding carboxylic acids is 1. The summed E-state index contributed by atoms with van der Waals surface area (Å²) in [5, 5.41) is 8.54. The van der Waals surface area contributed by atoms with Crippen molar-refractivity contribution in [3.05, 3.63) is 23.5 Å². The first kappa shape index (κ1) is 11.4. The van der Waals surface area contributed by atoms with Gasteiger partial charge in [0, 0.05) is 12.0 Å². The topological polar surface area (TPSA) is 72.8 Å². The van der Waals surface area contributed by atoms with Crippen LogP contribution in [0.5, 0.6) is 11.5 Å². The summed E-state index contributed by atoms with van der Waals surface area (Å²) in [6.45, 7) is 0.646. The number of carboxylic acids is 1. The summed E-state index contributed by atoms with van der Waals surface area (Å²) in [5.41, 5.74) is -0.265. The molecule has 5 nitrogen and oxygen atoms in total. The van der Waals surface area contributed by atoms with Gasteiger partial charge in [-0.15, -0.1) is 0 Å². The average Bonchev–Trinajstić information content (AvgIpc) is 2.53. The first-order chi connectivity index (χ1) is 8.09. The Bertz CT molecular complexity index is 483. The zero-order valence-corrected chi connectivity index (χ0v) is 8.73. The number of fused-ring (bicyclic) bond motifs is 1. The SMILES string of the molecule is O=C(O)C(=O)c1cc(F)c2c(c1)OCCCO2. The lowest BCUT2D eigenvalue weighted by atomic mass is 10.1. The lowest BCUT2D eigenvalue weighted by molar-refractivity contribution is -0.131. The van der Waals surface area contributed by atoms with Gasteiger partial charge < -0.3 is 14.6 Å². The number of carboxylic acid groups (broad SMARTS) is 1. The highest BCUT2D eigenvalue weighted by Gasteiger charge is 2.22. The predicted octanol–water partition coefficient (Wildman–Crippen LogP) is 1.25. The maximum atomic E-state index is 13.6. The third kappa shape index (κ3) is 2.20. The van der Waals surface area contributed by atoms with Crippen molar-refractivity contribution in [1.29, 1.82) is 0 Å². The summed E-state index contributed by atoms with van der Waals surface area (Å²) in [6.07, 6.45) is 0.594. The molecule has 1 aliphatic heterocycles. The fourth-order valence-electron chi connectivity index (χ4n) is 1.49. The quantitative estimate of drug-likeness (QED) is 0.622. The third-order valence-electron chi connectivity index (χ3n) is 2.26. The van der Waals surface area contributed by atoms with Crippen LogP contribution in [-0.4, -0.2) is 30.1 Å². The van der Waals surface area contributed by atoms with Crippen LogP contribution >= 0.6 is 0 Å². The summed E-state index contributed by atoms with van der Waals surface area (Å²) in [6, 6.07) is 2.02. The van der Waals surface area contributed by atoms with Crippen molar-refractivity contribution in [2.45, 2.75) is 6.42 Å². The smallest absolute Gasteiger partial charge is 0.377 e. The molecular formula is C11H9FO5. The average molecular weight is 240 g/mol. The first-order valence-electron chi connectivity index (χ1n) is 4.96. The lowest BCUT2D eigenvalue weighted by Gasteiger charge is -2.09. The van der Waals surface area contributed by atoms with Gasteiger partial charge in [-0.25, -0.2) is 9.18 Å². The van der Waals surface area contributed by atoms with E-state index in [4.69, 9.17) is 14.6 Å². The molecule has 0 saturated heterocycles. The van der Waals surface area contributed by atoms with E-state index in [2.05, 4.69) is 0 Å². The Labute approximate surface area is 95.8 Å². The van der Waals surface area contributed by atoms with Crippen LogP contribution in [0.4, 0.5) is 4.39 Å². The Balaban J connectivity index is 2.45. The summed E-state index contributed by atoms with van der Waals surface area (Å²) in [7, 11) is 0. The van der Waals surface area contributed by atoms with Crippen LogP contribution in [0.2, 0.25) is 0 Å². The Morgan fingerprint density at radius 2 is 1.94 bits per heavy atom. The molecule has 1 N–H and O–H groups in total. The number of hydrogen-bond donors (Lipinski definition) is 1. The Kier molecular flexibility index (Phi) is 2.95. The van der Waals surface area contributed by atoms with Gasteiger partial charge in [0.2, 0.25) is 0 Å². The number of Topliss-reactive ketones (excluding diaryl/α,β-unsaturated/α-hetero) is 1. The van der Waals surface area contributed by atoms with E-state index < -0.39 is 17.6 Å². The molecule has 6 heteroatoms. The Morgan fingerprint density at radius 3 is 2.65 bits per heavy atom. The molecule has 2 rings (SSSR count). The van der Waals surface area contributed by atoms with Crippen LogP contribution in [-0.2, 0) is 4.79 Å². The highest BCUT2D eigenvalue weighted by molar-refractivity contribution is 6.39. The van der Waals surface area contributed by atoms with E-state index in [-0.39, 0.29) is 17.1 Å². The monoisotopic (exact) mass is 240 g/mol. The van der Waals surface area contributed by atoms with Gasteiger partial charge in [0.05, 0.1) is 13.2 Å². The molecule has 0 unspecified atom stereocenters. The number of ether oxygens (including phenoxy) is 2. The normalized spacial score (nSPS) is 13.9. The highest BCUT2D eigenvalue weighted by atomic mass is 19.1. The third-order valence-corrected chi connectivity index (χ3v) is 2.26. The van der Waals surface area contributed by atoms with Gasteiger partial charge in [0.15, 0.2) is 17.3 Å². The fraction of sp³-hybridized carbons (Fsp3) is 0.273. The van der Waals surface area contributed by atoms with Crippen molar-refractivity contribution in [3.63, 3.8) is 0 Å². The fourth-order valence-corrected chi connectivity index (χ4v) is 1.49. The Morgan fingerprint density at radius 1 is 1.24 bits per heavy atom. The second-order valence-corrected chi connectivity index (χ2v) is 3.47. The molecule has 0 spiro atoms. The second kappa shape index (κ2) is 4.40. The van der Waals surface area contributed by atoms with Crippen molar-refractivity contribution in [3.8, 4) is 11.5 Å². The minimum Gasteiger partial charge on any atom is -0.489 e. The number of hydrogen-bond acceptors (Lipinski definition) is 4. The van der Waals surface area contributed by atoms with E-state index in [1.54, 1.807) is 0 Å². The molecule has 1 heterocycles. The second-order valence-electron chi connectivity index (χ2n) is 3.47. The summed E-state index contributed by atoms with van der Waals surface area (Å²) >= 11 is 0. The van der Waals surface area contributed by atoms with Crippen LogP contribution in [0, 0.1) is 5.82 Å². The minimum atomic E-state index is -1.64. The van der Waals surface area contributed by atoms with E-state index in [1.807, 2.05) is 0 Å². The number of ketones is 1.